The number of nitrogens with one attached hydrogen (secondary N) is 1. The first-order valence-corrected chi connectivity index (χ1v) is 11.9. The molecule has 33 heavy (non-hydrogen) atoms. The maximum atomic E-state index is 12.8. The van der Waals surface area contributed by atoms with Crippen molar-refractivity contribution < 1.29 is 19.1 Å². The normalized spacial score (nSPS) is 15.5. The molecular formula is C25H25N3O4S. The molecule has 0 saturated carbocycles. The highest BCUT2D eigenvalue weighted by molar-refractivity contribution is 7.13. The number of nitrogens with zero attached hydrogens (tertiary/aromatic N) is 2. The maximum Gasteiger partial charge on any atom is 0.231 e. The van der Waals surface area contributed by atoms with Crippen molar-refractivity contribution in [1.29, 1.82) is 0 Å². The SMILES string of the molecule is Cc1cccc(-c2nc(CC(=O)N3CCC(C(=O)Nc4ccc5c(c4)OCO5)CC3)cs2)c1. The Morgan fingerprint density at radius 2 is 1.94 bits per heavy atom. The fourth-order valence-corrected chi connectivity index (χ4v) is 4.99. The van der Waals surface area contributed by atoms with E-state index in [-0.39, 0.29) is 30.9 Å². The number of benzene rings is 2. The molecule has 2 aromatic carbocycles. The second-order valence-corrected chi connectivity index (χ2v) is 9.26. The van der Waals surface area contributed by atoms with E-state index in [2.05, 4.69) is 29.4 Å². The summed E-state index contributed by atoms with van der Waals surface area (Å²) in [6, 6.07) is 13.6. The molecule has 170 valence electrons. The van der Waals surface area contributed by atoms with Crippen molar-refractivity contribution >= 4 is 28.8 Å². The summed E-state index contributed by atoms with van der Waals surface area (Å²) in [5.74, 6) is 1.24. The highest BCUT2D eigenvalue weighted by Gasteiger charge is 2.28. The van der Waals surface area contributed by atoms with Crippen LogP contribution in [0, 0.1) is 12.8 Å². The first-order valence-electron chi connectivity index (χ1n) is 11.0. The number of amides is 2. The van der Waals surface area contributed by atoms with E-state index in [0.29, 0.717) is 43.1 Å². The van der Waals surface area contributed by atoms with Crippen molar-refractivity contribution in [2.24, 2.45) is 5.92 Å². The second kappa shape index (κ2) is 9.23. The van der Waals surface area contributed by atoms with Crippen LogP contribution in [0.2, 0.25) is 0 Å². The molecule has 0 bridgehead atoms. The summed E-state index contributed by atoms with van der Waals surface area (Å²) < 4.78 is 10.7. The van der Waals surface area contributed by atoms with Crippen LogP contribution >= 0.6 is 11.3 Å². The second-order valence-electron chi connectivity index (χ2n) is 8.40. The summed E-state index contributed by atoms with van der Waals surface area (Å²) in [5, 5.41) is 5.85. The summed E-state index contributed by atoms with van der Waals surface area (Å²) in [6.45, 7) is 3.41. The number of piperidine rings is 1. The number of aryl methyl sites for hydroxylation is 1. The monoisotopic (exact) mass is 463 g/mol. The van der Waals surface area contributed by atoms with Crippen LogP contribution in [0.4, 0.5) is 5.69 Å². The molecule has 3 aromatic rings. The van der Waals surface area contributed by atoms with Gasteiger partial charge < -0.3 is 19.7 Å². The van der Waals surface area contributed by atoms with Gasteiger partial charge in [-0.25, -0.2) is 4.98 Å². The molecule has 3 heterocycles. The Balaban J connectivity index is 1.13. The third-order valence-electron chi connectivity index (χ3n) is 6.01. The average Bonchev–Trinajstić information content (AvgIpc) is 3.48. The standard InChI is InChI=1S/C25H25N3O4S/c1-16-3-2-4-18(11-16)25-27-20(14-33-25)13-23(29)28-9-7-17(8-10-28)24(30)26-19-5-6-21-22(12-19)32-15-31-21/h2-6,11-12,14,17H,7-10,13,15H2,1H3,(H,26,30). The summed E-state index contributed by atoms with van der Waals surface area (Å²) in [7, 11) is 0. The van der Waals surface area contributed by atoms with E-state index >= 15 is 0 Å². The Kier molecular flexibility index (Phi) is 6.00. The number of anilines is 1. The Hall–Kier alpha value is -3.39. The lowest BCUT2D eigenvalue weighted by molar-refractivity contribution is -0.133. The van der Waals surface area contributed by atoms with Gasteiger partial charge in [-0.2, -0.15) is 0 Å². The Bertz CT molecular complexity index is 1180. The van der Waals surface area contributed by atoms with Gasteiger partial charge in [0.1, 0.15) is 5.01 Å². The number of hydrogen-bond donors (Lipinski definition) is 1. The van der Waals surface area contributed by atoms with Gasteiger partial charge in [0.2, 0.25) is 18.6 Å². The number of aromatic nitrogens is 1. The summed E-state index contributed by atoms with van der Waals surface area (Å²) in [5.41, 5.74) is 3.75. The molecule has 8 heteroatoms. The third-order valence-corrected chi connectivity index (χ3v) is 6.95. The Morgan fingerprint density at radius 3 is 2.76 bits per heavy atom. The molecule has 2 aliphatic heterocycles. The van der Waals surface area contributed by atoms with Crippen LogP contribution in [0.15, 0.2) is 47.8 Å². The molecule has 2 amide bonds. The van der Waals surface area contributed by atoms with Crippen LogP contribution in [0.25, 0.3) is 10.6 Å². The summed E-state index contributed by atoms with van der Waals surface area (Å²) >= 11 is 1.56. The molecule has 5 rings (SSSR count). The summed E-state index contributed by atoms with van der Waals surface area (Å²) in [4.78, 5) is 32.0. The lowest BCUT2D eigenvalue weighted by Crippen LogP contribution is -2.42. The van der Waals surface area contributed by atoms with Crippen molar-refractivity contribution in [3.63, 3.8) is 0 Å². The minimum atomic E-state index is -0.119. The van der Waals surface area contributed by atoms with Crippen molar-refractivity contribution in [2.75, 3.05) is 25.2 Å². The molecule has 0 atom stereocenters. The van der Waals surface area contributed by atoms with Crippen LogP contribution in [0.3, 0.4) is 0 Å². The summed E-state index contributed by atoms with van der Waals surface area (Å²) in [6.07, 6.45) is 1.58. The largest absolute Gasteiger partial charge is 0.454 e. The first kappa shape index (κ1) is 21.5. The first-order chi connectivity index (χ1) is 16.0. The van der Waals surface area contributed by atoms with Gasteiger partial charge in [-0.15, -0.1) is 11.3 Å². The highest BCUT2D eigenvalue weighted by Crippen LogP contribution is 2.34. The lowest BCUT2D eigenvalue weighted by Gasteiger charge is -2.31. The smallest absolute Gasteiger partial charge is 0.231 e. The number of thiazole rings is 1. The molecule has 1 saturated heterocycles. The number of hydrogen-bond acceptors (Lipinski definition) is 6. The molecule has 1 aromatic heterocycles. The molecule has 7 nitrogen and oxygen atoms in total. The Labute approximate surface area is 196 Å². The van der Waals surface area contributed by atoms with Crippen molar-refractivity contribution in [3.05, 3.63) is 59.1 Å². The predicted octanol–water partition coefficient (Wildman–Crippen LogP) is 4.27. The lowest BCUT2D eigenvalue weighted by atomic mass is 9.95. The molecule has 2 aliphatic rings. The van der Waals surface area contributed by atoms with Crippen LogP contribution in [-0.4, -0.2) is 41.6 Å². The van der Waals surface area contributed by atoms with E-state index in [9.17, 15) is 9.59 Å². The third kappa shape index (κ3) is 4.85. The molecule has 0 spiro atoms. The minimum Gasteiger partial charge on any atom is -0.454 e. The van der Waals surface area contributed by atoms with Crippen molar-refractivity contribution in [3.8, 4) is 22.1 Å². The molecule has 1 fully saturated rings. The van der Waals surface area contributed by atoms with E-state index in [1.165, 1.54) is 5.56 Å². The van der Waals surface area contributed by atoms with Crippen LogP contribution in [0.1, 0.15) is 24.1 Å². The predicted molar refractivity (Wildman–Crippen MR) is 126 cm³/mol. The van der Waals surface area contributed by atoms with Crippen LogP contribution in [0.5, 0.6) is 11.5 Å². The topological polar surface area (TPSA) is 80.8 Å². The van der Waals surface area contributed by atoms with E-state index in [1.54, 1.807) is 23.5 Å². The van der Waals surface area contributed by atoms with Gasteiger partial charge in [0, 0.05) is 41.7 Å². The molecule has 0 aliphatic carbocycles. The zero-order valence-corrected chi connectivity index (χ0v) is 19.2. The fourth-order valence-electron chi connectivity index (χ4n) is 4.18. The van der Waals surface area contributed by atoms with Crippen LogP contribution in [-0.2, 0) is 16.0 Å². The van der Waals surface area contributed by atoms with E-state index in [1.807, 2.05) is 28.5 Å². The van der Waals surface area contributed by atoms with Gasteiger partial charge in [-0.1, -0.05) is 23.8 Å². The molecule has 0 radical (unpaired) electrons. The van der Waals surface area contributed by atoms with E-state index in [0.717, 1.165) is 16.3 Å². The highest BCUT2D eigenvalue weighted by atomic mass is 32.1. The van der Waals surface area contributed by atoms with E-state index < -0.39 is 0 Å². The zero-order chi connectivity index (χ0) is 22.8. The number of rotatable bonds is 5. The number of fused-ring (bicyclic) bond motifs is 1. The average molecular weight is 464 g/mol. The quantitative estimate of drug-likeness (QED) is 0.611. The van der Waals surface area contributed by atoms with Crippen molar-refractivity contribution in [1.82, 2.24) is 9.88 Å². The van der Waals surface area contributed by atoms with Crippen molar-refractivity contribution in [2.45, 2.75) is 26.2 Å². The van der Waals surface area contributed by atoms with E-state index in [4.69, 9.17) is 9.47 Å². The number of ether oxygens (including phenoxy) is 2. The molecular weight excluding hydrogens is 438 g/mol. The van der Waals surface area contributed by atoms with Gasteiger partial charge >= 0.3 is 0 Å². The maximum absolute atomic E-state index is 12.8. The Morgan fingerprint density at radius 1 is 1.12 bits per heavy atom. The van der Waals surface area contributed by atoms with Gasteiger partial charge in [0.15, 0.2) is 11.5 Å². The molecule has 1 N–H and O–H groups in total. The van der Waals surface area contributed by atoms with Crippen LogP contribution < -0.4 is 14.8 Å². The number of likely N-dealkylation sites (tertiary alicyclic amines) is 1. The van der Waals surface area contributed by atoms with Gasteiger partial charge in [-0.05, 0) is 38.0 Å². The van der Waals surface area contributed by atoms with Gasteiger partial charge in [0.25, 0.3) is 0 Å². The van der Waals surface area contributed by atoms with Gasteiger partial charge in [-0.3, -0.25) is 9.59 Å². The minimum absolute atomic E-state index is 0.0248. The zero-order valence-electron chi connectivity index (χ0n) is 18.4. The molecule has 0 unspecified atom stereocenters. The van der Waals surface area contributed by atoms with Gasteiger partial charge in [0.05, 0.1) is 12.1 Å². The number of carbonyl (C=O) groups is 2. The fraction of sp³-hybridized carbons (Fsp3) is 0.320. The number of carbonyl (C=O) groups excluding carboxylic acids is 2.